The number of halogens is 1. The third-order valence-corrected chi connectivity index (χ3v) is 4.50. The zero-order valence-corrected chi connectivity index (χ0v) is 15.3. The number of rotatable bonds is 5. The summed E-state index contributed by atoms with van der Waals surface area (Å²) in [5.41, 5.74) is 2.95. The van der Waals surface area contributed by atoms with Crippen molar-refractivity contribution in [2.45, 2.75) is 13.5 Å². The molecule has 0 unspecified atom stereocenters. The molecule has 2 aromatic rings. The molecular formula is C18H22BrN3O. The molecule has 0 saturated heterocycles. The Morgan fingerprint density at radius 1 is 1.13 bits per heavy atom. The van der Waals surface area contributed by atoms with Crippen molar-refractivity contribution in [3.63, 3.8) is 0 Å². The van der Waals surface area contributed by atoms with Crippen LogP contribution in [0.5, 0.6) is 0 Å². The molecule has 0 radical (unpaired) electrons. The Morgan fingerprint density at radius 2 is 1.87 bits per heavy atom. The molecule has 0 fully saturated rings. The van der Waals surface area contributed by atoms with Gasteiger partial charge in [-0.2, -0.15) is 0 Å². The highest BCUT2D eigenvalue weighted by atomic mass is 79.9. The summed E-state index contributed by atoms with van der Waals surface area (Å²) in [4.78, 5) is 16.2. The number of hydrogen-bond acceptors (Lipinski definition) is 2. The molecule has 1 N–H and O–H groups in total. The second-order valence-corrected chi connectivity index (χ2v) is 6.30. The molecule has 5 heteroatoms. The SMILES string of the molecule is CCN(C)c1cccc(NC(=O)N(C)Cc2ccccc2Br)c1. The molecule has 0 aliphatic carbocycles. The number of nitrogens with zero attached hydrogens (tertiary/aromatic N) is 2. The first kappa shape index (κ1) is 17.3. The van der Waals surface area contributed by atoms with Gasteiger partial charge < -0.3 is 15.1 Å². The van der Waals surface area contributed by atoms with Crippen LogP contribution in [-0.4, -0.2) is 31.6 Å². The summed E-state index contributed by atoms with van der Waals surface area (Å²) in [6.45, 7) is 3.55. The maximum absolute atomic E-state index is 12.4. The largest absolute Gasteiger partial charge is 0.375 e. The summed E-state index contributed by atoms with van der Waals surface area (Å²) in [5, 5.41) is 2.95. The predicted octanol–water partition coefficient (Wildman–Crippen LogP) is 4.57. The van der Waals surface area contributed by atoms with Gasteiger partial charge in [-0.1, -0.05) is 40.2 Å². The first-order valence-corrected chi connectivity index (χ1v) is 8.37. The van der Waals surface area contributed by atoms with Gasteiger partial charge in [-0.15, -0.1) is 0 Å². The third-order valence-electron chi connectivity index (χ3n) is 3.72. The van der Waals surface area contributed by atoms with Crippen LogP contribution in [0.25, 0.3) is 0 Å². The number of carbonyl (C=O) groups excluding carboxylic acids is 1. The quantitative estimate of drug-likeness (QED) is 0.830. The number of benzene rings is 2. The lowest BCUT2D eigenvalue weighted by molar-refractivity contribution is 0.220. The van der Waals surface area contributed by atoms with Gasteiger partial charge in [0.15, 0.2) is 0 Å². The van der Waals surface area contributed by atoms with Crippen molar-refractivity contribution < 1.29 is 4.79 Å². The van der Waals surface area contributed by atoms with Crippen LogP contribution in [0, 0.1) is 0 Å². The summed E-state index contributed by atoms with van der Waals surface area (Å²) < 4.78 is 1.01. The van der Waals surface area contributed by atoms with E-state index in [1.54, 1.807) is 11.9 Å². The van der Waals surface area contributed by atoms with Crippen molar-refractivity contribution in [3.8, 4) is 0 Å². The minimum atomic E-state index is -0.128. The highest BCUT2D eigenvalue weighted by Crippen LogP contribution is 2.20. The number of nitrogens with one attached hydrogen (secondary N) is 1. The van der Waals surface area contributed by atoms with E-state index in [0.717, 1.165) is 28.0 Å². The molecule has 2 aromatic carbocycles. The highest BCUT2D eigenvalue weighted by Gasteiger charge is 2.11. The molecular weight excluding hydrogens is 354 g/mol. The normalized spacial score (nSPS) is 10.3. The first-order valence-electron chi connectivity index (χ1n) is 7.58. The second-order valence-electron chi connectivity index (χ2n) is 5.44. The van der Waals surface area contributed by atoms with Crippen LogP contribution in [0.15, 0.2) is 53.0 Å². The molecule has 0 heterocycles. The monoisotopic (exact) mass is 375 g/mol. The van der Waals surface area contributed by atoms with Gasteiger partial charge in [0, 0.05) is 43.0 Å². The molecule has 23 heavy (non-hydrogen) atoms. The van der Waals surface area contributed by atoms with Gasteiger partial charge in [-0.05, 0) is 36.8 Å². The fourth-order valence-corrected chi connectivity index (χ4v) is 2.59. The van der Waals surface area contributed by atoms with Gasteiger partial charge in [-0.3, -0.25) is 0 Å². The fourth-order valence-electron chi connectivity index (χ4n) is 2.18. The van der Waals surface area contributed by atoms with Crippen molar-refractivity contribution in [3.05, 3.63) is 58.6 Å². The van der Waals surface area contributed by atoms with Gasteiger partial charge in [0.05, 0.1) is 0 Å². The van der Waals surface area contributed by atoms with Crippen LogP contribution >= 0.6 is 15.9 Å². The summed E-state index contributed by atoms with van der Waals surface area (Å²) >= 11 is 3.51. The average molecular weight is 376 g/mol. The van der Waals surface area contributed by atoms with Crippen molar-refractivity contribution in [2.75, 3.05) is 30.9 Å². The lowest BCUT2D eigenvalue weighted by Crippen LogP contribution is -2.31. The third kappa shape index (κ3) is 4.73. The van der Waals surface area contributed by atoms with E-state index in [4.69, 9.17) is 0 Å². The maximum atomic E-state index is 12.4. The Labute approximate surface area is 146 Å². The molecule has 122 valence electrons. The molecule has 0 bridgehead atoms. The Kier molecular flexibility index (Phi) is 6.04. The van der Waals surface area contributed by atoms with Crippen LogP contribution in [0.1, 0.15) is 12.5 Å². The molecule has 2 rings (SSSR count). The van der Waals surface area contributed by atoms with E-state index >= 15 is 0 Å². The van der Waals surface area contributed by atoms with Crippen molar-refractivity contribution >= 4 is 33.3 Å². The molecule has 0 aliphatic rings. The van der Waals surface area contributed by atoms with Gasteiger partial charge in [0.1, 0.15) is 0 Å². The topological polar surface area (TPSA) is 35.6 Å². The zero-order chi connectivity index (χ0) is 16.8. The predicted molar refractivity (Wildman–Crippen MR) is 100 cm³/mol. The van der Waals surface area contributed by atoms with Gasteiger partial charge in [0.2, 0.25) is 0 Å². The van der Waals surface area contributed by atoms with E-state index in [1.807, 2.05) is 55.6 Å². The van der Waals surface area contributed by atoms with Crippen LogP contribution in [0.2, 0.25) is 0 Å². The first-order chi connectivity index (χ1) is 11.0. The number of anilines is 2. The van der Waals surface area contributed by atoms with E-state index < -0.39 is 0 Å². The standard InChI is InChI=1S/C18H22BrN3O/c1-4-21(2)16-10-7-9-15(12-16)20-18(23)22(3)13-14-8-5-6-11-17(14)19/h5-12H,4,13H2,1-3H3,(H,20,23). The number of hydrogen-bond donors (Lipinski definition) is 1. The van der Waals surface area contributed by atoms with Crippen LogP contribution < -0.4 is 10.2 Å². The summed E-state index contributed by atoms with van der Waals surface area (Å²) in [6.07, 6.45) is 0. The summed E-state index contributed by atoms with van der Waals surface area (Å²) in [6, 6.07) is 15.6. The second kappa shape index (κ2) is 8.02. The Balaban J connectivity index is 2.02. The number of carbonyl (C=O) groups is 1. The van der Waals surface area contributed by atoms with E-state index in [1.165, 1.54) is 0 Å². The minimum absolute atomic E-state index is 0.128. The molecule has 4 nitrogen and oxygen atoms in total. The highest BCUT2D eigenvalue weighted by molar-refractivity contribution is 9.10. The molecule has 2 amide bonds. The van der Waals surface area contributed by atoms with Crippen molar-refractivity contribution in [1.82, 2.24) is 4.90 Å². The fraction of sp³-hybridized carbons (Fsp3) is 0.278. The number of urea groups is 1. The van der Waals surface area contributed by atoms with E-state index in [9.17, 15) is 4.79 Å². The summed E-state index contributed by atoms with van der Waals surface area (Å²) in [7, 11) is 3.82. The van der Waals surface area contributed by atoms with Gasteiger partial charge in [-0.25, -0.2) is 4.79 Å². The molecule has 0 saturated carbocycles. The number of amides is 2. The Morgan fingerprint density at radius 3 is 2.57 bits per heavy atom. The maximum Gasteiger partial charge on any atom is 0.321 e. The van der Waals surface area contributed by atoms with Crippen molar-refractivity contribution in [2.24, 2.45) is 0 Å². The summed E-state index contributed by atoms with van der Waals surface area (Å²) in [5.74, 6) is 0. The lowest BCUT2D eigenvalue weighted by Gasteiger charge is -2.20. The zero-order valence-electron chi connectivity index (χ0n) is 13.7. The lowest BCUT2D eigenvalue weighted by atomic mass is 10.2. The molecule has 0 aliphatic heterocycles. The Hall–Kier alpha value is -2.01. The average Bonchev–Trinajstić information content (AvgIpc) is 2.56. The minimum Gasteiger partial charge on any atom is -0.375 e. The molecule has 0 atom stereocenters. The molecule has 0 aromatic heterocycles. The van der Waals surface area contributed by atoms with E-state index in [0.29, 0.717) is 6.54 Å². The van der Waals surface area contributed by atoms with E-state index in [2.05, 4.69) is 33.1 Å². The Bertz CT molecular complexity index is 675. The van der Waals surface area contributed by atoms with Crippen LogP contribution in [0.4, 0.5) is 16.2 Å². The van der Waals surface area contributed by atoms with Crippen LogP contribution in [0.3, 0.4) is 0 Å². The molecule has 0 spiro atoms. The van der Waals surface area contributed by atoms with Gasteiger partial charge >= 0.3 is 6.03 Å². The van der Waals surface area contributed by atoms with Crippen molar-refractivity contribution in [1.29, 1.82) is 0 Å². The smallest absolute Gasteiger partial charge is 0.321 e. The van der Waals surface area contributed by atoms with E-state index in [-0.39, 0.29) is 6.03 Å². The van der Waals surface area contributed by atoms with Crippen LogP contribution in [-0.2, 0) is 6.54 Å². The van der Waals surface area contributed by atoms with Gasteiger partial charge in [0.25, 0.3) is 0 Å².